The zero-order chi connectivity index (χ0) is 30.9. The van der Waals surface area contributed by atoms with Crippen molar-refractivity contribution in [3.05, 3.63) is 170 Å². The van der Waals surface area contributed by atoms with E-state index in [1.54, 1.807) is 0 Å². The molecule has 2 heterocycles. The molecule has 2 nitrogen and oxygen atoms in total. The number of hydrogen-bond acceptors (Lipinski definition) is 2. The largest absolute Gasteiger partial charge is 0.310 e. The van der Waals surface area contributed by atoms with Crippen molar-refractivity contribution >= 4 is 91.9 Å². The van der Waals surface area contributed by atoms with Crippen LogP contribution in [0.2, 0.25) is 0 Å². The lowest BCUT2D eigenvalue weighted by molar-refractivity contribution is 1.18. The van der Waals surface area contributed by atoms with Gasteiger partial charge in [-0.25, -0.2) is 0 Å². The standard InChI is InChI=1S/C44H28N2S/c1-2-15-33(16-3-1)46-39-18-9-8-17-36(39)37-28-35(23-24-40(37)46)45(34-22-21-29-11-4-5-12-30(29)25-34)41-19-10-20-42-44(41)38-26-31-13-6-7-14-32(31)27-43(38)47-42/h1-28H. The van der Waals surface area contributed by atoms with E-state index in [4.69, 9.17) is 0 Å². The molecule has 0 aliphatic carbocycles. The Bertz CT molecular complexity index is 2810. The molecule has 0 aliphatic heterocycles. The SMILES string of the molecule is c1ccc(-n2c3ccccc3c3cc(N(c4ccc5ccccc5c4)c4cccc5sc6cc7ccccc7cc6c45)ccc32)cc1. The van der Waals surface area contributed by atoms with E-state index in [0.717, 1.165) is 11.4 Å². The lowest BCUT2D eigenvalue weighted by Crippen LogP contribution is -2.10. The van der Waals surface area contributed by atoms with Crippen molar-refractivity contribution in [3.8, 4) is 5.69 Å². The fraction of sp³-hybridized carbons (Fsp3) is 0. The van der Waals surface area contributed by atoms with Crippen LogP contribution in [0.15, 0.2) is 170 Å². The number of rotatable bonds is 4. The minimum Gasteiger partial charge on any atom is -0.310 e. The first-order chi connectivity index (χ1) is 23.3. The summed E-state index contributed by atoms with van der Waals surface area (Å²) < 4.78 is 4.99. The van der Waals surface area contributed by atoms with Gasteiger partial charge in [-0.2, -0.15) is 0 Å². The van der Waals surface area contributed by atoms with Crippen LogP contribution in [-0.2, 0) is 0 Å². The molecule has 0 saturated carbocycles. The number of hydrogen-bond donors (Lipinski definition) is 0. The van der Waals surface area contributed by atoms with E-state index < -0.39 is 0 Å². The van der Waals surface area contributed by atoms with Crippen molar-refractivity contribution in [3.63, 3.8) is 0 Å². The molecule has 10 rings (SSSR count). The molecule has 0 saturated heterocycles. The maximum absolute atomic E-state index is 2.46. The van der Waals surface area contributed by atoms with Crippen LogP contribution < -0.4 is 4.90 Å². The molecule has 0 bridgehead atoms. The summed E-state index contributed by atoms with van der Waals surface area (Å²) >= 11 is 1.88. The van der Waals surface area contributed by atoms with E-state index in [-0.39, 0.29) is 0 Å². The van der Waals surface area contributed by atoms with Crippen LogP contribution in [0.1, 0.15) is 0 Å². The van der Waals surface area contributed by atoms with Gasteiger partial charge < -0.3 is 9.47 Å². The molecule has 3 heteroatoms. The number of para-hydroxylation sites is 2. The number of thiophene rings is 1. The smallest absolute Gasteiger partial charge is 0.0554 e. The first-order valence-electron chi connectivity index (χ1n) is 16.0. The molecule has 0 radical (unpaired) electrons. The molecular formula is C44H28N2S. The zero-order valence-corrected chi connectivity index (χ0v) is 26.3. The van der Waals surface area contributed by atoms with Crippen LogP contribution in [0.4, 0.5) is 17.1 Å². The summed E-state index contributed by atoms with van der Waals surface area (Å²) in [4.78, 5) is 2.46. The second-order valence-corrected chi connectivity index (χ2v) is 13.3. The topological polar surface area (TPSA) is 8.17 Å². The van der Waals surface area contributed by atoms with E-state index >= 15 is 0 Å². The number of anilines is 3. The molecular weight excluding hydrogens is 589 g/mol. The molecule has 0 atom stereocenters. The van der Waals surface area contributed by atoms with Crippen molar-refractivity contribution < 1.29 is 0 Å². The number of fused-ring (bicyclic) bond motifs is 8. The molecule has 0 fully saturated rings. The van der Waals surface area contributed by atoms with Crippen LogP contribution in [0.3, 0.4) is 0 Å². The lowest BCUT2D eigenvalue weighted by Gasteiger charge is -2.27. The van der Waals surface area contributed by atoms with E-state index in [2.05, 4.69) is 179 Å². The Hall–Kier alpha value is -5.90. The van der Waals surface area contributed by atoms with Gasteiger partial charge in [0.2, 0.25) is 0 Å². The normalized spacial score (nSPS) is 11.8. The maximum Gasteiger partial charge on any atom is 0.0554 e. The Labute approximate surface area is 276 Å². The van der Waals surface area contributed by atoms with Gasteiger partial charge in [0.25, 0.3) is 0 Å². The van der Waals surface area contributed by atoms with Gasteiger partial charge >= 0.3 is 0 Å². The third-order valence-corrected chi connectivity index (χ3v) is 10.6. The van der Waals surface area contributed by atoms with Crippen molar-refractivity contribution in [2.45, 2.75) is 0 Å². The minimum absolute atomic E-state index is 1.14. The number of nitrogens with zero attached hydrogens (tertiary/aromatic N) is 2. The molecule has 47 heavy (non-hydrogen) atoms. The molecule has 0 aliphatic rings. The number of benzene rings is 8. The predicted molar refractivity (Wildman–Crippen MR) is 203 cm³/mol. The fourth-order valence-corrected chi connectivity index (χ4v) is 8.53. The highest BCUT2D eigenvalue weighted by atomic mass is 32.1. The van der Waals surface area contributed by atoms with Gasteiger partial charge in [-0.15, -0.1) is 11.3 Å². The van der Waals surface area contributed by atoms with Gasteiger partial charge in [-0.1, -0.05) is 97.1 Å². The molecule has 0 spiro atoms. The molecule has 2 aromatic heterocycles. The summed E-state index contributed by atoms with van der Waals surface area (Å²) in [5.74, 6) is 0. The molecule has 220 valence electrons. The van der Waals surface area contributed by atoms with Crippen LogP contribution in [0.25, 0.3) is 69.2 Å². The van der Waals surface area contributed by atoms with Crippen molar-refractivity contribution in [2.24, 2.45) is 0 Å². The van der Waals surface area contributed by atoms with E-state index in [0.29, 0.717) is 0 Å². The Morgan fingerprint density at radius 3 is 1.91 bits per heavy atom. The molecule has 10 aromatic rings. The zero-order valence-electron chi connectivity index (χ0n) is 25.5. The second kappa shape index (κ2) is 10.3. The van der Waals surface area contributed by atoms with E-state index in [1.165, 1.54) is 74.9 Å². The first kappa shape index (κ1) is 26.3. The van der Waals surface area contributed by atoms with Gasteiger partial charge in [-0.3, -0.25) is 0 Å². The summed E-state index contributed by atoms with van der Waals surface area (Å²) in [6, 6.07) is 62.1. The van der Waals surface area contributed by atoms with Crippen molar-refractivity contribution in [1.82, 2.24) is 4.57 Å². The second-order valence-electron chi connectivity index (χ2n) is 12.2. The Balaban J connectivity index is 1.28. The van der Waals surface area contributed by atoms with E-state index in [1.807, 2.05) is 11.3 Å². The van der Waals surface area contributed by atoms with Gasteiger partial charge in [0, 0.05) is 48.0 Å². The average Bonchev–Trinajstić information content (AvgIpc) is 3.66. The van der Waals surface area contributed by atoms with Gasteiger partial charge in [0.15, 0.2) is 0 Å². The summed E-state index contributed by atoms with van der Waals surface area (Å²) in [6.45, 7) is 0. The highest BCUT2D eigenvalue weighted by molar-refractivity contribution is 7.26. The predicted octanol–water partition coefficient (Wildman–Crippen LogP) is 12.9. The van der Waals surface area contributed by atoms with E-state index in [9.17, 15) is 0 Å². The highest BCUT2D eigenvalue weighted by Crippen LogP contribution is 2.47. The Morgan fingerprint density at radius 2 is 1.06 bits per heavy atom. The quantitative estimate of drug-likeness (QED) is 0.191. The molecule has 8 aromatic carbocycles. The van der Waals surface area contributed by atoms with Crippen molar-refractivity contribution in [1.29, 1.82) is 0 Å². The monoisotopic (exact) mass is 616 g/mol. The summed E-state index contributed by atoms with van der Waals surface area (Å²) in [6.07, 6.45) is 0. The highest BCUT2D eigenvalue weighted by Gasteiger charge is 2.21. The van der Waals surface area contributed by atoms with Crippen LogP contribution >= 0.6 is 11.3 Å². The summed E-state index contributed by atoms with van der Waals surface area (Å²) in [7, 11) is 0. The molecule has 0 N–H and O–H groups in total. The first-order valence-corrected chi connectivity index (χ1v) is 16.8. The Kier molecular flexibility index (Phi) is 5.78. The third kappa shape index (κ3) is 4.10. The van der Waals surface area contributed by atoms with Gasteiger partial charge in [0.05, 0.1) is 16.7 Å². The Morgan fingerprint density at radius 1 is 0.404 bits per heavy atom. The summed E-state index contributed by atoms with van der Waals surface area (Å²) in [5.41, 5.74) is 7.04. The number of aromatic nitrogens is 1. The average molecular weight is 617 g/mol. The summed E-state index contributed by atoms with van der Waals surface area (Å²) in [5, 5.41) is 10.1. The lowest BCUT2D eigenvalue weighted by atomic mass is 10.0. The fourth-order valence-electron chi connectivity index (χ4n) is 7.38. The minimum atomic E-state index is 1.14. The van der Waals surface area contributed by atoms with Gasteiger partial charge in [-0.05, 0) is 94.3 Å². The molecule has 0 amide bonds. The van der Waals surface area contributed by atoms with Crippen LogP contribution in [0.5, 0.6) is 0 Å². The van der Waals surface area contributed by atoms with Crippen molar-refractivity contribution in [2.75, 3.05) is 4.90 Å². The van der Waals surface area contributed by atoms with Gasteiger partial charge in [0.1, 0.15) is 0 Å². The maximum atomic E-state index is 2.46. The third-order valence-electron chi connectivity index (χ3n) is 9.50. The van der Waals surface area contributed by atoms with Crippen LogP contribution in [0, 0.1) is 0 Å². The van der Waals surface area contributed by atoms with Crippen LogP contribution in [-0.4, -0.2) is 4.57 Å². The molecule has 0 unspecified atom stereocenters.